The van der Waals surface area contributed by atoms with Crippen LogP contribution in [-0.4, -0.2) is 46.9 Å². The first-order valence-electron chi connectivity index (χ1n) is 7.99. The van der Waals surface area contributed by atoms with Crippen LogP contribution in [0.25, 0.3) is 0 Å². The van der Waals surface area contributed by atoms with Gasteiger partial charge in [-0.15, -0.1) is 0 Å². The van der Waals surface area contributed by atoms with Gasteiger partial charge in [-0.3, -0.25) is 14.5 Å². The number of carbonyl (C=O) groups is 1. The first-order valence-corrected chi connectivity index (χ1v) is 8.37. The number of aryl methyl sites for hydroxylation is 1. The van der Waals surface area contributed by atoms with Crippen LogP contribution in [0.5, 0.6) is 0 Å². The third kappa shape index (κ3) is 3.86. The highest BCUT2D eigenvalue weighted by atomic mass is 35.5. The van der Waals surface area contributed by atoms with Crippen LogP contribution < -0.4 is 5.56 Å². The van der Waals surface area contributed by atoms with E-state index < -0.39 is 0 Å². The number of amides is 1. The maximum Gasteiger partial charge on any atom is 0.260 e. The molecule has 1 saturated heterocycles. The van der Waals surface area contributed by atoms with E-state index >= 15 is 0 Å². The van der Waals surface area contributed by atoms with Gasteiger partial charge in [-0.1, -0.05) is 23.7 Å². The summed E-state index contributed by atoms with van der Waals surface area (Å²) in [5, 5.41) is 0.734. The largest absolute Gasteiger partial charge is 0.336 e. The van der Waals surface area contributed by atoms with Crippen molar-refractivity contribution in [3.63, 3.8) is 0 Å². The number of nitrogens with zero attached hydrogens (tertiary/aromatic N) is 2. The summed E-state index contributed by atoms with van der Waals surface area (Å²) in [6.45, 7) is 5.46. The maximum absolute atomic E-state index is 12.5. The summed E-state index contributed by atoms with van der Waals surface area (Å²) in [7, 11) is 0. The first-order chi connectivity index (χ1) is 11.5. The Bertz CT molecular complexity index is 778. The van der Waals surface area contributed by atoms with Crippen LogP contribution in [0.15, 0.2) is 41.2 Å². The van der Waals surface area contributed by atoms with Gasteiger partial charge in [0.25, 0.3) is 11.5 Å². The first kappa shape index (κ1) is 16.7. The second-order valence-electron chi connectivity index (χ2n) is 6.08. The van der Waals surface area contributed by atoms with Gasteiger partial charge in [-0.2, -0.15) is 0 Å². The van der Waals surface area contributed by atoms with Crippen molar-refractivity contribution in [2.45, 2.75) is 13.5 Å². The molecule has 0 unspecified atom stereocenters. The molecule has 0 radical (unpaired) electrons. The number of hydrogen-bond donors (Lipinski definition) is 1. The molecule has 1 fully saturated rings. The van der Waals surface area contributed by atoms with Crippen LogP contribution in [-0.2, 0) is 6.54 Å². The number of aromatic amines is 1. The highest BCUT2D eigenvalue weighted by molar-refractivity contribution is 6.30. The predicted octanol–water partition coefficient (Wildman–Crippen LogP) is 2.29. The summed E-state index contributed by atoms with van der Waals surface area (Å²) in [5.74, 6) is -0.192. The Hall–Kier alpha value is -2.11. The van der Waals surface area contributed by atoms with E-state index in [-0.39, 0.29) is 17.0 Å². The molecule has 126 valence electrons. The molecule has 6 heteroatoms. The van der Waals surface area contributed by atoms with Gasteiger partial charge >= 0.3 is 0 Å². The minimum Gasteiger partial charge on any atom is -0.336 e. The van der Waals surface area contributed by atoms with Crippen LogP contribution >= 0.6 is 11.6 Å². The zero-order valence-corrected chi connectivity index (χ0v) is 14.3. The summed E-state index contributed by atoms with van der Waals surface area (Å²) in [5.41, 5.74) is 1.86. The molecule has 5 nitrogen and oxygen atoms in total. The van der Waals surface area contributed by atoms with Crippen molar-refractivity contribution < 1.29 is 4.79 Å². The average molecular weight is 346 g/mol. The van der Waals surface area contributed by atoms with Crippen molar-refractivity contribution in [2.75, 3.05) is 26.2 Å². The Balaban J connectivity index is 1.59. The zero-order chi connectivity index (χ0) is 17.1. The van der Waals surface area contributed by atoms with Crippen LogP contribution in [0.1, 0.15) is 21.6 Å². The van der Waals surface area contributed by atoms with Crippen LogP contribution in [0.3, 0.4) is 0 Å². The van der Waals surface area contributed by atoms with Gasteiger partial charge in [0.1, 0.15) is 5.56 Å². The number of H-pyrrole nitrogens is 1. The molecular formula is C18H20ClN3O2. The molecule has 1 aromatic heterocycles. The molecule has 1 aliphatic heterocycles. The number of rotatable bonds is 3. The van der Waals surface area contributed by atoms with E-state index in [0.29, 0.717) is 13.1 Å². The monoisotopic (exact) mass is 345 g/mol. The highest BCUT2D eigenvalue weighted by Crippen LogP contribution is 2.13. The highest BCUT2D eigenvalue weighted by Gasteiger charge is 2.23. The van der Waals surface area contributed by atoms with E-state index in [9.17, 15) is 9.59 Å². The molecule has 2 aromatic rings. The van der Waals surface area contributed by atoms with Crippen molar-refractivity contribution in [3.05, 3.63) is 68.6 Å². The van der Waals surface area contributed by atoms with E-state index in [1.807, 2.05) is 24.3 Å². The average Bonchev–Trinajstić information content (AvgIpc) is 2.57. The van der Waals surface area contributed by atoms with Gasteiger partial charge in [0.2, 0.25) is 0 Å². The topological polar surface area (TPSA) is 56.4 Å². The number of pyridine rings is 1. The fourth-order valence-electron chi connectivity index (χ4n) is 2.87. The molecule has 24 heavy (non-hydrogen) atoms. The lowest BCUT2D eigenvalue weighted by Crippen LogP contribution is -2.49. The van der Waals surface area contributed by atoms with Crippen LogP contribution in [0.4, 0.5) is 0 Å². The third-order valence-electron chi connectivity index (χ3n) is 4.26. The zero-order valence-electron chi connectivity index (χ0n) is 13.6. The SMILES string of the molecule is Cc1ccc(C(=O)N2CCN(Cc3ccc(Cl)cc3)CC2)c(=O)[nH]1. The van der Waals surface area contributed by atoms with E-state index in [1.54, 1.807) is 24.0 Å². The van der Waals surface area contributed by atoms with Crippen molar-refractivity contribution in [3.8, 4) is 0 Å². The van der Waals surface area contributed by atoms with Crippen molar-refractivity contribution in [1.29, 1.82) is 0 Å². The second kappa shape index (κ2) is 7.20. The fourth-order valence-corrected chi connectivity index (χ4v) is 2.99. The van der Waals surface area contributed by atoms with Crippen LogP contribution in [0, 0.1) is 6.92 Å². The predicted molar refractivity (Wildman–Crippen MR) is 94.4 cm³/mol. The van der Waals surface area contributed by atoms with E-state index in [4.69, 9.17) is 11.6 Å². The van der Waals surface area contributed by atoms with E-state index in [0.717, 1.165) is 30.4 Å². The molecule has 1 aromatic carbocycles. The molecule has 1 aliphatic rings. The molecule has 0 spiro atoms. The van der Waals surface area contributed by atoms with E-state index in [2.05, 4.69) is 9.88 Å². The quantitative estimate of drug-likeness (QED) is 0.928. The summed E-state index contributed by atoms with van der Waals surface area (Å²) in [6, 6.07) is 11.2. The number of benzene rings is 1. The van der Waals surface area contributed by atoms with Gasteiger partial charge in [-0.05, 0) is 36.8 Å². The molecule has 0 bridgehead atoms. The number of hydrogen-bond acceptors (Lipinski definition) is 3. The second-order valence-corrected chi connectivity index (χ2v) is 6.52. The molecule has 0 saturated carbocycles. The number of nitrogens with one attached hydrogen (secondary N) is 1. The lowest BCUT2D eigenvalue weighted by Gasteiger charge is -2.34. The van der Waals surface area contributed by atoms with Crippen molar-refractivity contribution in [1.82, 2.24) is 14.8 Å². The smallest absolute Gasteiger partial charge is 0.260 e. The van der Waals surface area contributed by atoms with Crippen molar-refractivity contribution >= 4 is 17.5 Å². The lowest BCUT2D eigenvalue weighted by molar-refractivity contribution is 0.0626. The fraction of sp³-hybridized carbons (Fsp3) is 0.333. The Morgan fingerprint density at radius 2 is 1.75 bits per heavy atom. The van der Waals surface area contributed by atoms with Gasteiger partial charge < -0.3 is 9.88 Å². The summed E-state index contributed by atoms with van der Waals surface area (Å²) >= 11 is 5.90. The van der Waals surface area contributed by atoms with Gasteiger partial charge in [0, 0.05) is 43.4 Å². The Labute approximate surface area is 145 Å². The summed E-state index contributed by atoms with van der Waals surface area (Å²) in [6.07, 6.45) is 0. The molecule has 0 aliphatic carbocycles. The van der Waals surface area contributed by atoms with Gasteiger partial charge in [0.15, 0.2) is 0 Å². The molecular weight excluding hydrogens is 326 g/mol. The Morgan fingerprint density at radius 3 is 2.38 bits per heavy atom. The maximum atomic E-state index is 12.5. The molecule has 1 amide bonds. The molecule has 0 atom stereocenters. The normalized spacial score (nSPS) is 15.5. The minimum absolute atomic E-state index is 0.192. The van der Waals surface area contributed by atoms with Crippen molar-refractivity contribution in [2.24, 2.45) is 0 Å². The standard InChI is InChI=1S/C18H20ClN3O2/c1-13-2-7-16(17(23)20-13)18(24)22-10-8-21(9-11-22)12-14-3-5-15(19)6-4-14/h2-7H,8-12H2,1H3,(H,20,23). The number of carbonyl (C=O) groups excluding carboxylic acids is 1. The molecule has 2 heterocycles. The molecule has 3 rings (SSSR count). The number of halogens is 1. The summed E-state index contributed by atoms with van der Waals surface area (Å²) < 4.78 is 0. The van der Waals surface area contributed by atoms with Crippen LogP contribution in [0.2, 0.25) is 5.02 Å². The van der Waals surface area contributed by atoms with Gasteiger partial charge in [-0.25, -0.2) is 0 Å². The minimum atomic E-state index is -0.316. The number of aromatic nitrogens is 1. The molecule has 1 N–H and O–H groups in total. The Morgan fingerprint density at radius 1 is 1.08 bits per heavy atom. The number of piperazine rings is 1. The lowest BCUT2D eigenvalue weighted by atomic mass is 10.1. The third-order valence-corrected chi connectivity index (χ3v) is 4.52. The van der Waals surface area contributed by atoms with E-state index in [1.165, 1.54) is 5.56 Å². The van der Waals surface area contributed by atoms with Gasteiger partial charge in [0.05, 0.1) is 0 Å². The summed E-state index contributed by atoms with van der Waals surface area (Å²) in [4.78, 5) is 31.2. The Kier molecular flexibility index (Phi) is 5.02.